The predicted octanol–water partition coefficient (Wildman–Crippen LogP) is 4.02. The highest BCUT2D eigenvalue weighted by atomic mass is 35.5. The lowest BCUT2D eigenvalue weighted by Gasteiger charge is -2.28. The third-order valence-electron chi connectivity index (χ3n) is 5.81. The highest BCUT2D eigenvalue weighted by Crippen LogP contribution is 2.43. The summed E-state index contributed by atoms with van der Waals surface area (Å²) in [5.41, 5.74) is 3.95. The number of nitrogens with zero attached hydrogens (tertiary/aromatic N) is 4. The molecule has 3 heterocycles. The Morgan fingerprint density at radius 1 is 1.30 bits per heavy atom. The number of para-hydroxylation sites is 1. The number of carbonyl (C=O) groups excluding carboxylic acids is 1. The minimum atomic E-state index is -0.193. The molecule has 0 saturated carbocycles. The van der Waals surface area contributed by atoms with E-state index in [-0.39, 0.29) is 6.03 Å². The number of anilines is 1. The molecular weight excluding hydrogens is 420 g/mol. The number of benzene rings is 1. The second-order valence-electron chi connectivity index (χ2n) is 7.93. The molecule has 2 aromatic heterocycles. The summed E-state index contributed by atoms with van der Waals surface area (Å²) in [6.45, 7) is 2.89. The molecule has 156 valence electrons. The largest absolute Gasteiger partial charge is 0.338 e. The fraction of sp³-hybridized carbons (Fsp3) is 0.381. The monoisotopic (exact) mass is 442 g/mol. The van der Waals surface area contributed by atoms with Crippen LogP contribution < -0.4 is 10.6 Å². The molecular formula is C21H23ClN6OS. The van der Waals surface area contributed by atoms with E-state index in [2.05, 4.69) is 32.7 Å². The Labute approximate surface area is 184 Å². The third kappa shape index (κ3) is 3.71. The van der Waals surface area contributed by atoms with E-state index in [0.29, 0.717) is 29.0 Å². The average molecular weight is 443 g/mol. The van der Waals surface area contributed by atoms with Gasteiger partial charge in [-0.3, -0.25) is 5.32 Å². The van der Waals surface area contributed by atoms with Crippen molar-refractivity contribution in [1.82, 2.24) is 25.0 Å². The van der Waals surface area contributed by atoms with Gasteiger partial charge in [0.1, 0.15) is 0 Å². The topological polar surface area (TPSA) is 75.1 Å². The number of urea groups is 1. The van der Waals surface area contributed by atoms with Crippen LogP contribution in [0.3, 0.4) is 0 Å². The summed E-state index contributed by atoms with van der Waals surface area (Å²) in [6.07, 6.45) is 4.83. The number of thiazole rings is 1. The smallest absolute Gasteiger partial charge is 0.321 e. The fourth-order valence-corrected chi connectivity index (χ4v) is 5.35. The van der Waals surface area contributed by atoms with Gasteiger partial charge in [-0.2, -0.15) is 5.10 Å². The van der Waals surface area contributed by atoms with Crippen LogP contribution in [0.1, 0.15) is 24.1 Å². The zero-order valence-electron chi connectivity index (χ0n) is 16.7. The molecule has 30 heavy (non-hydrogen) atoms. The minimum absolute atomic E-state index is 0.193. The quantitative estimate of drug-likeness (QED) is 0.500. The molecule has 1 fully saturated rings. The second-order valence-corrected chi connectivity index (χ2v) is 9.34. The van der Waals surface area contributed by atoms with Crippen LogP contribution in [0.25, 0.3) is 16.3 Å². The van der Waals surface area contributed by atoms with Gasteiger partial charge in [-0.05, 0) is 51.0 Å². The summed E-state index contributed by atoms with van der Waals surface area (Å²) in [6, 6.07) is 7.46. The number of rotatable bonds is 4. The van der Waals surface area contributed by atoms with Crippen LogP contribution in [-0.4, -0.2) is 52.4 Å². The predicted molar refractivity (Wildman–Crippen MR) is 120 cm³/mol. The van der Waals surface area contributed by atoms with Crippen LogP contribution in [0.2, 0.25) is 5.02 Å². The Hall–Kier alpha value is -2.42. The van der Waals surface area contributed by atoms with Gasteiger partial charge >= 0.3 is 6.03 Å². The molecule has 0 unspecified atom stereocenters. The number of fused-ring (bicyclic) bond motifs is 3. The van der Waals surface area contributed by atoms with Crippen molar-refractivity contribution in [2.75, 3.05) is 32.0 Å². The molecule has 5 rings (SSSR count). The van der Waals surface area contributed by atoms with E-state index < -0.39 is 0 Å². The van der Waals surface area contributed by atoms with E-state index >= 15 is 0 Å². The Morgan fingerprint density at radius 3 is 2.90 bits per heavy atom. The van der Waals surface area contributed by atoms with Crippen LogP contribution in [0.4, 0.5) is 9.93 Å². The standard InChI is InChI=1S/C21H23ClN6OS/c1-27-8-6-13(7-9-27)11-23-20(29)26-21-25-16-10-14-12-24-28(18(14)19(16)30-21)17-5-3-2-4-15(17)22/h2-5,12-13H,6-11H2,1H3,(H2,23,25,26,29). The molecule has 7 nitrogen and oxygen atoms in total. The first-order valence-electron chi connectivity index (χ1n) is 10.1. The second kappa shape index (κ2) is 8.02. The van der Waals surface area contributed by atoms with Crippen molar-refractivity contribution in [1.29, 1.82) is 0 Å². The third-order valence-corrected chi connectivity index (χ3v) is 7.15. The minimum Gasteiger partial charge on any atom is -0.338 e. The molecule has 1 aliphatic carbocycles. The van der Waals surface area contributed by atoms with E-state index in [0.717, 1.165) is 53.4 Å². The summed E-state index contributed by atoms with van der Waals surface area (Å²) in [4.78, 5) is 20.4. The van der Waals surface area contributed by atoms with E-state index in [1.54, 1.807) is 0 Å². The molecule has 0 spiro atoms. The Balaban J connectivity index is 1.28. The number of piperidine rings is 1. The lowest BCUT2D eigenvalue weighted by molar-refractivity contribution is 0.213. The van der Waals surface area contributed by atoms with Gasteiger partial charge in [0, 0.05) is 18.5 Å². The molecule has 2 amide bonds. The first-order valence-corrected chi connectivity index (χ1v) is 11.3. The van der Waals surface area contributed by atoms with Gasteiger partial charge in [-0.1, -0.05) is 35.1 Å². The van der Waals surface area contributed by atoms with Gasteiger partial charge in [0.05, 0.1) is 33.2 Å². The van der Waals surface area contributed by atoms with E-state index in [4.69, 9.17) is 11.6 Å². The zero-order chi connectivity index (χ0) is 20.7. The van der Waals surface area contributed by atoms with Gasteiger partial charge < -0.3 is 10.2 Å². The molecule has 9 heteroatoms. The van der Waals surface area contributed by atoms with Crippen molar-refractivity contribution in [3.8, 4) is 16.3 Å². The average Bonchev–Trinajstić information content (AvgIpc) is 3.39. The number of aromatic nitrogens is 3. The molecule has 0 radical (unpaired) electrons. The molecule has 2 aliphatic rings. The van der Waals surface area contributed by atoms with Crippen molar-refractivity contribution in [3.63, 3.8) is 0 Å². The van der Waals surface area contributed by atoms with E-state index in [1.807, 2.05) is 35.1 Å². The molecule has 1 aromatic carbocycles. The number of likely N-dealkylation sites (tertiary alicyclic amines) is 1. The first-order chi connectivity index (χ1) is 14.6. The zero-order valence-corrected chi connectivity index (χ0v) is 18.3. The number of hydrogen-bond acceptors (Lipinski definition) is 5. The van der Waals surface area contributed by atoms with Crippen molar-refractivity contribution in [2.24, 2.45) is 5.92 Å². The SMILES string of the molecule is CN1CCC(CNC(=O)Nc2nc3c(s2)-c2c(cnn2-c2ccccc2Cl)C3)CC1. The summed E-state index contributed by atoms with van der Waals surface area (Å²) in [5, 5.41) is 11.7. The van der Waals surface area contributed by atoms with Crippen LogP contribution in [0.5, 0.6) is 0 Å². The fourth-order valence-electron chi connectivity index (χ4n) is 4.09. The van der Waals surface area contributed by atoms with Crippen LogP contribution in [0, 0.1) is 5.92 Å². The summed E-state index contributed by atoms with van der Waals surface area (Å²) in [5.74, 6) is 0.542. The molecule has 0 bridgehead atoms. The number of hydrogen-bond donors (Lipinski definition) is 2. The van der Waals surface area contributed by atoms with Gasteiger partial charge in [0.25, 0.3) is 0 Å². The Morgan fingerprint density at radius 2 is 2.10 bits per heavy atom. The highest BCUT2D eigenvalue weighted by Gasteiger charge is 2.29. The lowest BCUT2D eigenvalue weighted by atomic mass is 9.97. The lowest BCUT2D eigenvalue weighted by Crippen LogP contribution is -2.38. The van der Waals surface area contributed by atoms with Crippen molar-refractivity contribution >= 4 is 34.1 Å². The summed E-state index contributed by atoms with van der Waals surface area (Å²) < 4.78 is 1.87. The summed E-state index contributed by atoms with van der Waals surface area (Å²) >= 11 is 7.86. The molecule has 0 atom stereocenters. The molecule has 1 saturated heterocycles. The van der Waals surface area contributed by atoms with Gasteiger partial charge in [-0.15, -0.1) is 0 Å². The molecule has 2 N–H and O–H groups in total. The maximum Gasteiger partial charge on any atom is 0.321 e. The normalized spacial score (nSPS) is 16.3. The maximum atomic E-state index is 12.4. The number of halogens is 1. The highest BCUT2D eigenvalue weighted by molar-refractivity contribution is 7.19. The Kier molecular flexibility index (Phi) is 5.22. The molecule has 3 aromatic rings. The van der Waals surface area contributed by atoms with Crippen LogP contribution in [0.15, 0.2) is 30.5 Å². The number of nitrogens with one attached hydrogen (secondary N) is 2. The first kappa shape index (κ1) is 19.5. The van der Waals surface area contributed by atoms with Gasteiger partial charge in [0.15, 0.2) is 5.13 Å². The Bertz CT molecular complexity index is 1090. The van der Waals surface area contributed by atoms with E-state index in [1.165, 1.54) is 11.3 Å². The van der Waals surface area contributed by atoms with Crippen molar-refractivity contribution in [3.05, 3.63) is 46.7 Å². The van der Waals surface area contributed by atoms with Gasteiger partial charge in [-0.25, -0.2) is 14.5 Å². The van der Waals surface area contributed by atoms with Crippen molar-refractivity contribution in [2.45, 2.75) is 19.3 Å². The maximum absolute atomic E-state index is 12.4. The van der Waals surface area contributed by atoms with E-state index in [9.17, 15) is 4.79 Å². The number of amides is 2. The summed E-state index contributed by atoms with van der Waals surface area (Å²) in [7, 11) is 2.14. The van der Waals surface area contributed by atoms with Crippen LogP contribution in [-0.2, 0) is 6.42 Å². The number of carbonyl (C=O) groups is 1. The van der Waals surface area contributed by atoms with Crippen molar-refractivity contribution < 1.29 is 4.79 Å². The van der Waals surface area contributed by atoms with Crippen LogP contribution >= 0.6 is 22.9 Å². The molecule has 1 aliphatic heterocycles. The van der Waals surface area contributed by atoms with Gasteiger partial charge in [0.2, 0.25) is 0 Å².